The lowest BCUT2D eigenvalue weighted by molar-refractivity contribution is 0.228. The fourth-order valence-electron chi connectivity index (χ4n) is 1.42. The van der Waals surface area contributed by atoms with Crippen molar-refractivity contribution in [1.82, 2.24) is 5.32 Å². The Morgan fingerprint density at radius 1 is 1.56 bits per heavy atom. The molecule has 1 saturated heterocycles. The van der Waals surface area contributed by atoms with Gasteiger partial charge >= 0.3 is 0 Å². The van der Waals surface area contributed by atoms with Crippen LogP contribution in [-0.2, 0) is 0 Å². The van der Waals surface area contributed by atoms with Crippen LogP contribution in [0.25, 0.3) is 0 Å². The number of hydrogen-bond donors (Lipinski definition) is 1. The van der Waals surface area contributed by atoms with Crippen LogP contribution in [0.15, 0.2) is 0 Å². The molecule has 1 heterocycles. The highest BCUT2D eigenvalue weighted by Gasteiger charge is 2.23. The minimum atomic E-state index is 0.609. The summed E-state index contributed by atoms with van der Waals surface area (Å²) in [6.07, 6.45) is 4.10. The minimum Gasteiger partial charge on any atom is -0.316 e. The van der Waals surface area contributed by atoms with E-state index in [9.17, 15) is 0 Å². The van der Waals surface area contributed by atoms with Crippen molar-refractivity contribution >= 4 is 0 Å². The van der Waals surface area contributed by atoms with Crippen LogP contribution >= 0.6 is 0 Å². The van der Waals surface area contributed by atoms with Crippen LogP contribution in [0.4, 0.5) is 0 Å². The zero-order chi connectivity index (χ0) is 6.74. The summed E-state index contributed by atoms with van der Waals surface area (Å²) < 4.78 is 0. The Hall–Kier alpha value is -0.0400. The van der Waals surface area contributed by atoms with E-state index in [0.29, 0.717) is 5.41 Å². The van der Waals surface area contributed by atoms with E-state index in [1.807, 2.05) is 0 Å². The van der Waals surface area contributed by atoms with Gasteiger partial charge in [-0.1, -0.05) is 13.8 Å². The summed E-state index contributed by atoms with van der Waals surface area (Å²) in [5.74, 6) is 0. The van der Waals surface area contributed by atoms with Crippen molar-refractivity contribution in [1.29, 1.82) is 0 Å². The Balaban J connectivity index is 2.37. The predicted octanol–water partition coefficient (Wildman–Crippen LogP) is 1.79. The normalized spacial score (nSPS) is 36.7. The second-order valence-electron chi connectivity index (χ2n) is 3.44. The highest BCUT2D eigenvalue weighted by Crippen LogP contribution is 2.28. The molecule has 0 aliphatic carbocycles. The largest absolute Gasteiger partial charge is 0.316 e. The molecule has 0 spiro atoms. The molecule has 54 valence electrons. The van der Waals surface area contributed by atoms with Gasteiger partial charge in [-0.05, 0) is 31.2 Å². The number of rotatable bonds is 1. The van der Waals surface area contributed by atoms with Crippen LogP contribution in [0, 0.1) is 5.41 Å². The smallest absolute Gasteiger partial charge is 0.000507 e. The highest BCUT2D eigenvalue weighted by molar-refractivity contribution is 4.79. The number of piperidine rings is 1. The van der Waals surface area contributed by atoms with Crippen LogP contribution in [0.2, 0.25) is 0 Å². The molecule has 1 N–H and O–H groups in total. The van der Waals surface area contributed by atoms with Gasteiger partial charge in [-0.2, -0.15) is 0 Å². The maximum Gasteiger partial charge on any atom is 0.000507 e. The van der Waals surface area contributed by atoms with Crippen molar-refractivity contribution in [2.45, 2.75) is 33.1 Å². The molecule has 0 aromatic rings. The Morgan fingerprint density at radius 3 is 2.67 bits per heavy atom. The van der Waals surface area contributed by atoms with Gasteiger partial charge in [0.1, 0.15) is 0 Å². The summed E-state index contributed by atoms with van der Waals surface area (Å²) in [4.78, 5) is 0. The fraction of sp³-hybridized carbons (Fsp3) is 1.00. The standard InChI is InChI=1S/C8H17N/c1-3-8(2)5-4-6-9-7-8/h9H,3-7H2,1-2H3. The van der Waals surface area contributed by atoms with Crippen molar-refractivity contribution < 1.29 is 0 Å². The monoisotopic (exact) mass is 127 g/mol. The van der Waals surface area contributed by atoms with Gasteiger partial charge in [0.2, 0.25) is 0 Å². The average molecular weight is 127 g/mol. The van der Waals surface area contributed by atoms with E-state index in [4.69, 9.17) is 0 Å². The number of hydrogen-bond acceptors (Lipinski definition) is 1. The first kappa shape index (κ1) is 7.07. The molecule has 0 aromatic heterocycles. The van der Waals surface area contributed by atoms with E-state index in [1.165, 1.54) is 32.4 Å². The quantitative estimate of drug-likeness (QED) is 0.566. The highest BCUT2D eigenvalue weighted by atomic mass is 14.9. The first-order valence-electron chi connectivity index (χ1n) is 3.97. The lowest BCUT2D eigenvalue weighted by Crippen LogP contribution is -2.37. The zero-order valence-corrected chi connectivity index (χ0v) is 6.54. The van der Waals surface area contributed by atoms with Gasteiger partial charge in [0, 0.05) is 6.54 Å². The van der Waals surface area contributed by atoms with Crippen molar-refractivity contribution in [3.63, 3.8) is 0 Å². The van der Waals surface area contributed by atoms with Gasteiger partial charge in [0.25, 0.3) is 0 Å². The Kier molecular flexibility index (Phi) is 2.12. The molecule has 9 heavy (non-hydrogen) atoms. The van der Waals surface area contributed by atoms with Crippen LogP contribution in [0.3, 0.4) is 0 Å². The van der Waals surface area contributed by atoms with E-state index in [0.717, 1.165) is 0 Å². The molecule has 1 nitrogen and oxygen atoms in total. The molecule has 0 bridgehead atoms. The lowest BCUT2D eigenvalue weighted by atomic mass is 9.81. The maximum atomic E-state index is 3.43. The Labute approximate surface area is 57.8 Å². The Bertz CT molecular complexity index is 82.6. The summed E-state index contributed by atoms with van der Waals surface area (Å²) in [5.41, 5.74) is 0.609. The molecule has 1 fully saturated rings. The minimum absolute atomic E-state index is 0.609. The predicted molar refractivity (Wildman–Crippen MR) is 40.5 cm³/mol. The number of nitrogens with one attached hydrogen (secondary N) is 1. The van der Waals surface area contributed by atoms with Gasteiger partial charge < -0.3 is 5.32 Å². The third-order valence-corrected chi connectivity index (χ3v) is 2.54. The van der Waals surface area contributed by atoms with Gasteiger partial charge in [0.05, 0.1) is 0 Å². The van der Waals surface area contributed by atoms with E-state index in [2.05, 4.69) is 19.2 Å². The topological polar surface area (TPSA) is 12.0 Å². The van der Waals surface area contributed by atoms with Crippen LogP contribution in [-0.4, -0.2) is 13.1 Å². The molecule has 0 aromatic carbocycles. The average Bonchev–Trinajstić information content (AvgIpc) is 1.90. The molecule has 1 aliphatic heterocycles. The molecular weight excluding hydrogens is 110 g/mol. The fourth-order valence-corrected chi connectivity index (χ4v) is 1.42. The summed E-state index contributed by atoms with van der Waals surface area (Å²) >= 11 is 0. The van der Waals surface area contributed by atoms with Crippen LogP contribution < -0.4 is 5.32 Å². The van der Waals surface area contributed by atoms with Crippen molar-refractivity contribution in [3.8, 4) is 0 Å². The van der Waals surface area contributed by atoms with Crippen LogP contribution in [0.1, 0.15) is 33.1 Å². The first-order valence-corrected chi connectivity index (χ1v) is 3.97. The second kappa shape index (κ2) is 2.70. The molecule has 0 saturated carbocycles. The van der Waals surface area contributed by atoms with E-state index >= 15 is 0 Å². The molecular formula is C8H17N. The molecule has 1 aliphatic rings. The SMILES string of the molecule is CCC1(C)CCCNC1. The van der Waals surface area contributed by atoms with E-state index in [1.54, 1.807) is 0 Å². The lowest BCUT2D eigenvalue weighted by Gasteiger charge is -2.32. The summed E-state index contributed by atoms with van der Waals surface area (Å²) in [6.45, 7) is 7.12. The van der Waals surface area contributed by atoms with Gasteiger partial charge in [-0.15, -0.1) is 0 Å². The Morgan fingerprint density at radius 2 is 2.33 bits per heavy atom. The van der Waals surface area contributed by atoms with E-state index < -0.39 is 0 Å². The van der Waals surface area contributed by atoms with Gasteiger partial charge in [0.15, 0.2) is 0 Å². The molecule has 1 rings (SSSR count). The molecule has 0 amide bonds. The molecule has 1 unspecified atom stereocenters. The van der Waals surface area contributed by atoms with Crippen molar-refractivity contribution in [2.75, 3.05) is 13.1 Å². The third kappa shape index (κ3) is 1.68. The van der Waals surface area contributed by atoms with Crippen LogP contribution in [0.5, 0.6) is 0 Å². The molecule has 0 radical (unpaired) electrons. The van der Waals surface area contributed by atoms with E-state index in [-0.39, 0.29) is 0 Å². The van der Waals surface area contributed by atoms with Crippen molar-refractivity contribution in [2.24, 2.45) is 5.41 Å². The maximum absolute atomic E-state index is 3.43. The summed E-state index contributed by atoms with van der Waals surface area (Å²) in [5, 5.41) is 3.43. The molecule has 1 atom stereocenters. The molecule has 1 heteroatoms. The van der Waals surface area contributed by atoms with Gasteiger partial charge in [-0.3, -0.25) is 0 Å². The second-order valence-corrected chi connectivity index (χ2v) is 3.44. The summed E-state index contributed by atoms with van der Waals surface area (Å²) in [7, 11) is 0. The third-order valence-electron chi connectivity index (χ3n) is 2.54. The summed E-state index contributed by atoms with van der Waals surface area (Å²) in [6, 6.07) is 0. The van der Waals surface area contributed by atoms with Gasteiger partial charge in [-0.25, -0.2) is 0 Å². The first-order chi connectivity index (χ1) is 4.27. The zero-order valence-electron chi connectivity index (χ0n) is 6.54. The van der Waals surface area contributed by atoms with Crippen molar-refractivity contribution in [3.05, 3.63) is 0 Å².